The Hall–Kier alpha value is -1.96. The summed E-state index contributed by atoms with van der Waals surface area (Å²) in [6, 6.07) is 14.5. The van der Waals surface area contributed by atoms with E-state index in [9.17, 15) is 0 Å². The van der Waals surface area contributed by atoms with E-state index in [0.29, 0.717) is 0 Å². The van der Waals surface area contributed by atoms with Crippen LogP contribution in [0.5, 0.6) is 11.5 Å². The molecule has 2 heteroatoms. The Labute approximate surface area is 108 Å². The minimum atomic E-state index is 0.943. The Kier molecular flexibility index (Phi) is 2.93. The van der Waals surface area contributed by atoms with Crippen LogP contribution in [0.1, 0.15) is 24.5 Å². The van der Waals surface area contributed by atoms with Crippen molar-refractivity contribution in [1.29, 1.82) is 0 Å². The lowest BCUT2D eigenvalue weighted by Crippen LogP contribution is -2.08. The number of anilines is 1. The minimum absolute atomic E-state index is 0.943. The fourth-order valence-corrected chi connectivity index (χ4v) is 2.33. The van der Waals surface area contributed by atoms with Crippen molar-refractivity contribution in [2.24, 2.45) is 0 Å². The van der Waals surface area contributed by atoms with Gasteiger partial charge in [0.05, 0.1) is 0 Å². The zero-order chi connectivity index (χ0) is 12.4. The normalized spacial score (nSPS) is 12.3. The lowest BCUT2D eigenvalue weighted by Gasteiger charge is -2.22. The van der Waals surface area contributed by atoms with Crippen LogP contribution in [0.4, 0.5) is 5.69 Å². The van der Waals surface area contributed by atoms with Crippen molar-refractivity contribution in [3.63, 3.8) is 0 Å². The van der Waals surface area contributed by atoms with Crippen LogP contribution in [-0.2, 0) is 6.42 Å². The third kappa shape index (κ3) is 1.94. The van der Waals surface area contributed by atoms with Crippen molar-refractivity contribution >= 4 is 5.69 Å². The van der Waals surface area contributed by atoms with E-state index in [1.54, 1.807) is 0 Å². The molecular weight excluding hydrogens is 222 g/mol. The summed E-state index contributed by atoms with van der Waals surface area (Å²) in [5.74, 6) is 1.97. The lowest BCUT2D eigenvalue weighted by molar-refractivity contribution is 0.460. The van der Waals surface area contributed by atoms with Gasteiger partial charge in [-0.3, -0.25) is 0 Å². The Morgan fingerprint density at radius 1 is 1.06 bits per heavy atom. The number of benzene rings is 2. The van der Waals surface area contributed by atoms with Crippen molar-refractivity contribution < 1.29 is 4.74 Å². The second-order valence-electron chi connectivity index (χ2n) is 4.60. The van der Waals surface area contributed by atoms with Gasteiger partial charge < -0.3 is 10.1 Å². The maximum absolute atomic E-state index is 5.96. The van der Waals surface area contributed by atoms with Gasteiger partial charge in [-0.15, -0.1) is 0 Å². The van der Waals surface area contributed by atoms with E-state index >= 15 is 0 Å². The molecule has 0 fully saturated rings. The SMILES string of the molecule is CCCNc1cccc2c1Cc1ccccc1O2. The van der Waals surface area contributed by atoms with E-state index < -0.39 is 0 Å². The number of hydrogen-bond donors (Lipinski definition) is 1. The standard InChI is InChI=1S/C16H17NO/c1-2-10-17-14-7-5-9-16-13(14)11-12-6-3-4-8-15(12)18-16/h3-9,17H,2,10-11H2,1H3. The molecule has 18 heavy (non-hydrogen) atoms. The van der Waals surface area contributed by atoms with Crippen LogP contribution in [0.3, 0.4) is 0 Å². The van der Waals surface area contributed by atoms with E-state index in [1.807, 2.05) is 24.3 Å². The maximum Gasteiger partial charge on any atom is 0.133 e. The third-order valence-corrected chi connectivity index (χ3v) is 3.26. The van der Waals surface area contributed by atoms with Crippen molar-refractivity contribution in [2.75, 3.05) is 11.9 Å². The van der Waals surface area contributed by atoms with Gasteiger partial charge in [0.1, 0.15) is 11.5 Å². The van der Waals surface area contributed by atoms with Gasteiger partial charge >= 0.3 is 0 Å². The van der Waals surface area contributed by atoms with Crippen molar-refractivity contribution in [2.45, 2.75) is 19.8 Å². The molecule has 0 spiro atoms. The molecule has 0 saturated carbocycles. The molecule has 0 aliphatic carbocycles. The number of rotatable bonds is 3. The van der Waals surface area contributed by atoms with Gasteiger partial charge in [-0.2, -0.15) is 0 Å². The highest BCUT2D eigenvalue weighted by molar-refractivity contribution is 5.62. The highest BCUT2D eigenvalue weighted by atomic mass is 16.5. The van der Waals surface area contributed by atoms with Crippen molar-refractivity contribution in [1.82, 2.24) is 0 Å². The first-order valence-corrected chi connectivity index (χ1v) is 6.50. The molecule has 1 aliphatic heterocycles. The monoisotopic (exact) mass is 239 g/mol. The van der Waals surface area contributed by atoms with Crippen molar-refractivity contribution in [3.05, 3.63) is 53.6 Å². The molecule has 1 N–H and O–H groups in total. The molecule has 1 aliphatic rings. The number of fused-ring (bicyclic) bond motifs is 2. The van der Waals surface area contributed by atoms with E-state index in [2.05, 4.69) is 30.4 Å². The summed E-state index contributed by atoms with van der Waals surface area (Å²) in [5.41, 5.74) is 3.73. The third-order valence-electron chi connectivity index (χ3n) is 3.26. The molecule has 2 aromatic carbocycles. The van der Waals surface area contributed by atoms with Crippen molar-refractivity contribution in [3.8, 4) is 11.5 Å². The second-order valence-corrected chi connectivity index (χ2v) is 4.60. The van der Waals surface area contributed by atoms with Crippen LogP contribution in [0, 0.1) is 0 Å². The molecule has 0 bridgehead atoms. The van der Waals surface area contributed by atoms with Crippen LogP contribution >= 0.6 is 0 Å². The van der Waals surface area contributed by atoms with Crippen LogP contribution < -0.4 is 10.1 Å². The summed E-state index contributed by atoms with van der Waals surface area (Å²) in [4.78, 5) is 0. The molecule has 0 amide bonds. The highest BCUT2D eigenvalue weighted by Gasteiger charge is 2.18. The van der Waals surface area contributed by atoms with Crippen LogP contribution in [0.25, 0.3) is 0 Å². The van der Waals surface area contributed by atoms with Gasteiger partial charge in [-0.1, -0.05) is 31.2 Å². The summed E-state index contributed by atoms with van der Waals surface area (Å²) in [7, 11) is 0. The molecule has 0 unspecified atom stereocenters. The molecule has 2 aromatic rings. The number of nitrogens with one attached hydrogen (secondary N) is 1. The minimum Gasteiger partial charge on any atom is -0.457 e. The molecule has 0 radical (unpaired) electrons. The van der Waals surface area contributed by atoms with Gasteiger partial charge in [0, 0.05) is 24.2 Å². The smallest absolute Gasteiger partial charge is 0.133 e. The molecule has 92 valence electrons. The summed E-state index contributed by atoms with van der Waals surface area (Å²) in [6.45, 7) is 3.17. The first-order chi connectivity index (χ1) is 8.88. The fourth-order valence-electron chi connectivity index (χ4n) is 2.33. The van der Waals surface area contributed by atoms with Gasteiger partial charge in [0.25, 0.3) is 0 Å². The highest BCUT2D eigenvalue weighted by Crippen LogP contribution is 2.39. The van der Waals surface area contributed by atoms with Gasteiger partial charge in [-0.05, 0) is 30.2 Å². The molecule has 2 nitrogen and oxygen atoms in total. The van der Waals surface area contributed by atoms with Gasteiger partial charge in [0.15, 0.2) is 0 Å². The molecule has 0 saturated heterocycles. The molecule has 0 atom stereocenters. The van der Waals surface area contributed by atoms with Crippen LogP contribution in [0.2, 0.25) is 0 Å². The Morgan fingerprint density at radius 2 is 1.89 bits per heavy atom. The largest absolute Gasteiger partial charge is 0.457 e. The summed E-state index contributed by atoms with van der Waals surface area (Å²) >= 11 is 0. The quantitative estimate of drug-likeness (QED) is 0.739. The molecular formula is C16H17NO. The summed E-state index contributed by atoms with van der Waals surface area (Å²) in [5, 5.41) is 3.47. The first kappa shape index (κ1) is 11.1. The predicted molar refractivity (Wildman–Crippen MR) is 74.5 cm³/mol. The number of para-hydroxylation sites is 1. The number of hydrogen-bond acceptors (Lipinski definition) is 2. The summed E-state index contributed by atoms with van der Waals surface area (Å²) < 4.78 is 5.96. The predicted octanol–water partition coefficient (Wildman–Crippen LogP) is 4.21. The van der Waals surface area contributed by atoms with E-state index in [0.717, 1.165) is 30.9 Å². The Morgan fingerprint density at radius 3 is 2.78 bits per heavy atom. The second kappa shape index (κ2) is 4.73. The van der Waals surface area contributed by atoms with Gasteiger partial charge in [0.2, 0.25) is 0 Å². The zero-order valence-electron chi connectivity index (χ0n) is 10.6. The van der Waals surface area contributed by atoms with E-state index in [1.165, 1.54) is 16.8 Å². The van der Waals surface area contributed by atoms with Gasteiger partial charge in [-0.25, -0.2) is 0 Å². The average molecular weight is 239 g/mol. The molecule has 3 rings (SSSR count). The fraction of sp³-hybridized carbons (Fsp3) is 0.250. The Bertz CT molecular complexity index is 563. The first-order valence-electron chi connectivity index (χ1n) is 6.50. The Balaban J connectivity index is 1.97. The zero-order valence-corrected chi connectivity index (χ0v) is 10.6. The lowest BCUT2D eigenvalue weighted by atomic mass is 9.99. The van der Waals surface area contributed by atoms with Crippen LogP contribution in [-0.4, -0.2) is 6.54 Å². The average Bonchev–Trinajstić information content (AvgIpc) is 2.43. The number of ether oxygens (including phenoxy) is 1. The molecule has 0 aromatic heterocycles. The maximum atomic E-state index is 5.96. The van der Waals surface area contributed by atoms with E-state index in [4.69, 9.17) is 4.74 Å². The summed E-state index contributed by atoms with van der Waals surface area (Å²) in [6.07, 6.45) is 2.07. The van der Waals surface area contributed by atoms with Crippen LogP contribution in [0.15, 0.2) is 42.5 Å². The topological polar surface area (TPSA) is 21.3 Å². The van der Waals surface area contributed by atoms with E-state index in [-0.39, 0.29) is 0 Å². The molecule has 1 heterocycles.